The first kappa shape index (κ1) is 7.29. The molecule has 62 valence electrons. The summed E-state index contributed by atoms with van der Waals surface area (Å²) in [6.07, 6.45) is 3.46. The van der Waals surface area contributed by atoms with Crippen molar-refractivity contribution in [3.63, 3.8) is 0 Å². The molecule has 2 aliphatic rings. The lowest BCUT2D eigenvalue weighted by molar-refractivity contribution is -0.122. The van der Waals surface area contributed by atoms with Crippen LogP contribution in [0.5, 0.6) is 0 Å². The van der Waals surface area contributed by atoms with Crippen LogP contribution in [0.1, 0.15) is 26.2 Å². The molecule has 0 saturated heterocycles. The average Bonchev–Trinajstić information content (AvgIpc) is 2.47. The van der Waals surface area contributed by atoms with E-state index in [9.17, 15) is 4.79 Å². The smallest absolute Gasteiger partial charge is 0.141 e. The second-order valence-electron chi connectivity index (χ2n) is 3.51. The molecular formula is C9H14O2. The van der Waals surface area contributed by atoms with Gasteiger partial charge in [-0.05, 0) is 26.2 Å². The van der Waals surface area contributed by atoms with E-state index in [1.165, 1.54) is 0 Å². The molecule has 0 radical (unpaired) electrons. The van der Waals surface area contributed by atoms with Crippen LogP contribution in [0, 0.1) is 11.8 Å². The highest BCUT2D eigenvalue weighted by Crippen LogP contribution is 2.42. The summed E-state index contributed by atoms with van der Waals surface area (Å²) in [7, 11) is 0. The van der Waals surface area contributed by atoms with Gasteiger partial charge in [-0.1, -0.05) is 0 Å². The Morgan fingerprint density at radius 1 is 1.55 bits per heavy atom. The highest BCUT2D eigenvalue weighted by molar-refractivity contribution is 5.88. The standard InChI is InChI=1S/C9H14O2/c1-2-11-8-5-6-3-4-7(8)9(6)10/h6-8H,2-5H2,1H3/t6-,7-,8-/m1/s1. The molecule has 2 bridgehead atoms. The van der Waals surface area contributed by atoms with Crippen LogP contribution in [0.25, 0.3) is 0 Å². The van der Waals surface area contributed by atoms with Gasteiger partial charge < -0.3 is 4.74 Å². The fraction of sp³-hybridized carbons (Fsp3) is 0.889. The van der Waals surface area contributed by atoms with E-state index in [1.807, 2.05) is 6.92 Å². The molecule has 2 aliphatic carbocycles. The second-order valence-corrected chi connectivity index (χ2v) is 3.51. The molecule has 0 spiro atoms. The molecule has 0 aromatic carbocycles. The zero-order valence-corrected chi connectivity index (χ0v) is 6.88. The van der Waals surface area contributed by atoms with Crippen molar-refractivity contribution in [2.45, 2.75) is 32.3 Å². The monoisotopic (exact) mass is 154 g/mol. The summed E-state index contributed by atoms with van der Waals surface area (Å²) in [6, 6.07) is 0. The number of ether oxygens (including phenoxy) is 1. The number of ketones is 1. The summed E-state index contributed by atoms with van der Waals surface area (Å²) in [6.45, 7) is 2.75. The Morgan fingerprint density at radius 2 is 2.36 bits per heavy atom. The number of Topliss-reactive ketones (excluding diaryl/α,β-unsaturated/α-hetero) is 1. The maximum Gasteiger partial charge on any atom is 0.141 e. The van der Waals surface area contributed by atoms with Gasteiger partial charge in [0.25, 0.3) is 0 Å². The minimum absolute atomic E-state index is 0.264. The predicted molar refractivity (Wildman–Crippen MR) is 41.3 cm³/mol. The Kier molecular flexibility index (Phi) is 1.72. The summed E-state index contributed by atoms with van der Waals surface area (Å²) in [5, 5.41) is 0. The van der Waals surface area contributed by atoms with Crippen molar-refractivity contribution in [1.82, 2.24) is 0 Å². The third-order valence-electron chi connectivity index (χ3n) is 2.94. The molecule has 2 nitrogen and oxygen atoms in total. The first-order chi connectivity index (χ1) is 5.33. The lowest BCUT2D eigenvalue weighted by Gasteiger charge is -2.19. The normalized spacial score (nSPS) is 41.9. The van der Waals surface area contributed by atoms with Gasteiger partial charge in [-0.15, -0.1) is 0 Å². The summed E-state index contributed by atoms with van der Waals surface area (Å²) in [5.41, 5.74) is 0. The van der Waals surface area contributed by atoms with Crippen molar-refractivity contribution in [1.29, 1.82) is 0 Å². The highest BCUT2D eigenvalue weighted by atomic mass is 16.5. The van der Waals surface area contributed by atoms with Gasteiger partial charge in [0, 0.05) is 18.4 Å². The van der Waals surface area contributed by atoms with Crippen LogP contribution >= 0.6 is 0 Å². The van der Waals surface area contributed by atoms with E-state index in [2.05, 4.69) is 0 Å². The minimum atomic E-state index is 0.264. The quantitative estimate of drug-likeness (QED) is 0.600. The van der Waals surface area contributed by atoms with Gasteiger partial charge in [-0.3, -0.25) is 4.79 Å². The van der Waals surface area contributed by atoms with Crippen LogP contribution in [0.3, 0.4) is 0 Å². The number of hydrogen-bond donors (Lipinski definition) is 0. The maximum atomic E-state index is 11.4. The molecule has 0 unspecified atom stereocenters. The molecule has 0 aromatic heterocycles. The molecule has 0 N–H and O–H groups in total. The van der Waals surface area contributed by atoms with Crippen LogP contribution in [0.15, 0.2) is 0 Å². The van der Waals surface area contributed by atoms with E-state index >= 15 is 0 Å². The maximum absolute atomic E-state index is 11.4. The lowest BCUT2D eigenvalue weighted by Crippen LogP contribution is -2.21. The van der Waals surface area contributed by atoms with Crippen molar-refractivity contribution >= 4 is 5.78 Å². The van der Waals surface area contributed by atoms with Gasteiger partial charge in [0.1, 0.15) is 5.78 Å². The van der Waals surface area contributed by atoms with Crippen LogP contribution in [0.2, 0.25) is 0 Å². The van der Waals surface area contributed by atoms with Gasteiger partial charge in [0.2, 0.25) is 0 Å². The zero-order valence-electron chi connectivity index (χ0n) is 6.88. The third-order valence-corrected chi connectivity index (χ3v) is 2.94. The number of carbonyl (C=O) groups is 1. The number of hydrogen-bond acceptors (Lipinski definition) is 2. The Labute approximate surface area is 66.9 Å². The Morgan fingerprint density at radius 3 is 2.82 bits per heavy atom. The van der Waals surface area contributed by atoms with Crippen LogP contribution in [-0.4, -0.2) is 18.5 Å². The molecular weight excluding hydrogens is 140 g/mol. The third kappa shape index (κ3) is 1.00. The van der Waals surface area contributed by atoms with Crippen LogP contribution in [0.4, 0.5) is 0 Å². The van der Waals surface area contributed by atoms with Crippen molar-refractivity contribution in [3.05, 3.63) is 0 Å². The molecule has 0 heterocycles. The van der Waals surface area contributed by atoms with Gasteiger partial charge in [0.15, 0.2) is 0 Å². The predicted octanol–water partition coefficient (Wildman–Crippen LogP) is 1.39. The van der Waals surface area contributed by atoms with E-state index < -0.39 is 0 Å². The Bertz CT molecular complexity index is 176. The van der Waals surface area contributed by atoms with E-state index in [0.717, 1.165) is 25.9 Å². The summed E-state index contributed by atoms with van der Waals surface area (Å²) < 4.78 is 5.49. The first-order valence-electron chi connectivity index (χ1n) is 4.48. The molecule has 0 amide bonds. The fourth-order valence-corrected chi connectivity index (χ4v) is 2.41. The molecule has 2 fully saturated rings. The molecule has 2 saturated carbocycles. The van der Waals surface area contributed by atoms with Crippen LogP contribution in [-0.2, 0) is 9.53 Å². The first-order valence-corrected chi connectivity index (χ1v) is 4.48. The van der Waals surface area contributed by atoms with Gasteiger partial charge in [-0.2, -0.15) is 0 Å². The molecule has 2 heteroatoms. The molecule has 0 aromatic rings. The highest BCUT2D eigenvalue weighted by Gasteiger charge is 2.47. The van der Waals surface area contributed by atoms with Crippen LogP contribution < -0.4 is 0 Å². The SMILES string of the molecule is CCO[C@@H]1C[C@H]2CC[C@H]1C2=O. The second kappa shape index (κ2) is 2.59. The topological polar surface area (TPSA) is 26.3 Å². The lowest BCUT2D eigenvalue weighted by atomic mass is 9.98. The van der Waals surface area contributed by atoms with E-state index in [4.69, 9.17) is 4.74 Å². The van der Waals surface area contributed by atoms with Crippen molar-refractivity contribution in [2.24, 2.45) is 11.8 Å². The molecule has 11 heavy (non-hydrogen) atoms. The summed E-state index contributed by atoms with van der Waals surface area (Å²) in [4.78, 5) is 11.4. The van der Waals surface area contributed by atoms with E-state index in [-0.39, 0.29) is 12.0 Å². The number of carbonyl (C=O) groups excluding carboxylic acids is 1. The van der Waals surface area contributed by atoms with Gasteiger partial charge in [-0.25, -0.2) is 0 Å². The average molecular weight is 154 g/mol. The van der Waals surface area contributed by atoms with Gasteiger partial charge in [0.05, 0.1) is 6.10 Å². The van der Waals surface area contributed by atoms with E-state index in [1.54, 1.807) is 0 Å². The Hall–Kier alpha value is -0.370. The minimum Gasteiger partial charge on any atom is -0.378 e. The largest absolute Gasteiger partial charge is 0.378 e. The summed E-state index contributed by atoms with van der Waals surface area (Å²) in [5.74, 6) is 1.10. The van der Waals surface area contributed by atoms with Gasteiger partial charge >= 0.3 is 0 Å². The van der Waals surface area contributed by atoms with E-state index in [0.29, 0.717) is 11.7 Å². The molecule has 0 aliphatic heterocycles. The molecule has 2 rings (SSSR count). The van der Waals surface area contributed by atoms with Crippen molar-refractivity contribution in [3.8, 4) is 0 Å². The summed E-state index contributed by atoms with van der Waals surface area (Å²) >= 11 is 0. The van der Waals surface area contributed by atoms with Crippen molar-refractivity contribution in [2.75, 3.05) is 6.61 Å². The number of rotatable bonds is 2. The Balaban J connectivity index is 2.03. The molecule has 3 atom stereocenters. The zero-order chi connectivity index (χ0) is 7.84. The fourth-order valence-electron chi connectivity index (χ4n) is 2.41. The van der Waals surface area contributed by atoms with Crippen molar-refractivity contribution < 1.29 is 9.53 Å². The number of fused-ring (bicyclic) bond motifs is 2.